The topological polar surface area (TPSA) is 94.0 Å². The fraction of sp³-hybridized carbons (Fsp3) is 0.182. The lowest BCUT2D eigenvalue weighted by Gasteiger charge is -2.05. The minimum atomic E-state index is -0.224. The summed E-state index contributed by atoms with van der Waals surface area (Å²) in [7, 11) is 0. The van der Waals surface area contributed by atoms with Gasteiger partial charge in [-0.15, -0.1) is 0 Å². The van der Waals surface area contributed by atoms with Crippen LogP contribution in [0.5, 0.6) is 0 Å². The molecule has 6 nitrogen and oxygen atoms in total. The molecule has 1 aromatic heterocycles. The van der Waals surface area contributed by atoms with Gasteiger partial charge in [0, 0.05) is 18.5 Å². The number of nitrogen functional groups attached to an aromatic ring is 1. The van der Waals surface area contributed by atoms with Gasteiger partial charge in [0.15, 0.2) is 6.33 Å². The molecule has 0 bridgehead atoms. The quantitative estimate of drug-likeness (QED) is 0.813. The molecule has 0 saturated carbocycles. The molecular formula is C11H11ClN4O2. The van der Waals surface area contributed by atoms with Crippen molar-refractivity contribution in [1.29, 1.82) is 0 Å². The first-order valence-electron chi connectivity index (χ1n) is 5.25. The smallest absolute Gasteiger partial charge is 0.251 e. The van der Waals surface area contributed by atoms with E-state index in [2.05, 4.69) is 15.5 Å². The van der Waals surface area contributed by atoms with Crippen LogP contribution in [0.1, 0.15) is 16.2 Å². The molecule has 0 saturated heterocycles. The van der Waals surface area contributed by atoms with E-state index in [-0.39, 0.29) is 5.91 Å². The highest BCUT2D eigenvalue weighted by atomic mass is 35.5. The second-order valence-electron chi connectivity index (χ2n) is 3.58. The normalized spacial score (nSPS) is 10.3. The number of carbonyl (C=O) groups is 1. The summed E-state index contributed by atoms with van der Waals surface area (Å²) in [5.41, 5.74) is 6.46. The number of nitrogens with one attached hydrogen (secondary N) is 1. The summed E-state index contributed by atoms with van der Waals surface area (Å²) in [6.45, 7) is 0.406. The molecule has 3 N–H and O–H groups in total. The summed E-state index contributed by atoms with van der Waals surface area (Å²) < 4.78 is 4.81. The minimum Gasteiger partial charge on any atom is -0.398 e. The molecule has 18 heavy (non-hydrogen) atoms. The Morgan fingerprint density at radius 2 is 2.33 bits per heavy atom. The van der Waals surface area contributed by atoms with Crippen LogP contribution in [0.4, 0.5) is 5.69 Å². The summed E-state index contributed by atoms with van der Waals surface area (Å²) in [6, 6.07) is 4.73. The molecule has 0 aliphatic carbocycles. The van der Waals surface area contributed by atoms with E-state index in [0.29, 0.717) is 35.1 Å². The Balaban J connectivity index is 1.89. The molecule has 1 aromatic carbocycles. The molecule has 1 amide bonds. The second-order valence-corrected chi connectivity index (χ2v) is 3.98. The van der Waals surface area contributed by atoms with E-state index in [1.54, 1.807) is 12.1 Å². The number of halogens is 1. The zero-order valence-corrected chi connectivity index (χ0v) is 10.1. The first kappa shape index (κ1) is 12.4. The Bertz CT molecular complexity index is 542. The number of rotatable bonds is 4. The number of anilines is 1. The van der Waals surface area contributed by atoms with Crippen LogP contribution in [0.2, 0.25) is 5.02 Å². The fourth-order valence-corrected chi connectivity index (χ4v) is 1.49. The van der Waals surface area contributed by atoms with Gasteiger partial charge < -0.3 is 15.6 Å². The first-order valence-corrected chi connectivity index (χ1v) is 5.63. The van der Waals surface area contributed by atoms with Gasteiger partial charge in [-0.3, -0.25) is 4.79 Å². The van der Waals surface area contributed by atoms with Crippen LogP contribution in [0, 0.1) is 0 Å². The maximum absolute atomic E-state index is 11.8. The van der Waals surface area contributed by atoms with Gasteiger partial charge in [-0.1, -0.05) is 16.8 Å². The highest BCUT2D eigenvalue weighted by molar-refractivity contribution is 6.33. The minimum absolute atomic E-state index is 0.224. The number of carbonyl (C=O) groups excluding carboxylic acids is 1. The van der Waals surface area contributed by atoms with E-state index in [4.69, 9.17) is 21.9 Å². The molecule has 0 aliphatic heterocycles. The number of amides is 1. The van der Waals surface area contributed by atoms with Gasteiger partial charge in [0.1, 0.15) is 0 Å². The van der Waals surface area contributed by atoms with Gasteiger partial charge in [-0.05, 0) is 18.2 Å². The summed E-state index contributed by atoms with van der Waals surface area (Å²) in [5, 5.41) is 6.62. The number of nitrogens with two attached hydrogens (primary N) is 1. The van der Waals surface area contributed by atoms with Crippen LogP contribution in [0.25, 0.3) is 0 Å². The Morgan fingerprint density at radius 1 is 1.50 bits per heavy atom. The van der Waals surface area contributed by atoms with Crippen molar-refractivity contribution in [1.82, 2.24) is 15.5 Å². The van der Waals surface area contributed by atoms with Crippen molar-refractivity contribution in [3.8, 4) is 0 Å². The molecule has 7 heteroatoms. The Hall–Kier alpha value is -2.08. The number of hydrogen-bond acceptors (Lipinski definition) is 5. The van der Waals surface area contributed by atoms with E-state index in [9.17, 15) is 4.79 Å². The molecule has 0 fully saturated rings. The van der Waals surface area contributed by atoms with Crippen molar-refractivity contribution in [2.75, 3.05) is 12.3 Å². The van der Waals surface area contributed by atoms with Gasteiger partial charge in [-0.2, -0.15) is 4.98 Å². The van der Waals surface area contributed by atoms with Gasteiger partial charge in [-0.25, -0.2) is 0 Å². The van der Waals surface area contributed by atoms with E-state index in [1.165, 1.54) is 12.4 Å². The first-order chi connectivity index (χ1) is 8.66. The van der Waals surface area contributed by atoms with Crippen LogP contribution < -0.4 is 11.1 Å². The summed E-state index contributed by atoms with van der Waals surface area (Å²) >= 11 is 5.77. The molecule has 0 unspecified atom stereocenters. The number of hydrogen-bond donors (Lipinski definition) is 2. The van der Waals surface area contributed by atoms with Crippen molar-refractivity contribution in [3.63, 3.8) is 0 Å². The third kappa shape index (κ3) is 2.98. The van der Waals surface area contributed by atoms with Gasteiger partial charge in [0.25, 0.3) is 5.91 Å². The van der Waals surface area contributed by atoms with E-state index >= 15 is 0 Å². The van der Waals surface area contributed by atoms with E-state index in [0.717, 1.165) is 0 Å². The second kappa shape index (κ2) is 5.50. The van der Waals surface area contributed by atoms with Crippen LogP contribution in [-0.4, -0.2) is 22.6 Å². The van der Waals surface area contributed by atoms with Crippen molar-refractivity contribution in [2.24, 2.45) is 0 Å². The molecule has 0 spiro atoms. The van der Waals surface area contributed by atoms with Crippen molar-refractivity contribution in [2.45, 2.75) is 6.42 Å². The monoisotopic (exact) mass is 266 g/mol. The average molecular weight is 267 g/mol. The summed E-state index contributed by atoms with van der Waals surface area (Å²) in [6.07, 6.45) is 1.80. The standard InChI is InChI=1S/C11H11ClN4O2/c12-8-2-1-7(5-9(8)13)11(17)14-4-3-10-15-6-16-18-10/h1-2,5-6H,3-4,13H2,(H,14,17). The number of aromatic nitrogens is 2. The molecule has 0 radical (unpaired) electrons. The Kier molecular flexibility index (Phi) is 3.78. The molecular weight excluding hydrogens is 256 g/mol. The summed E-state index contributed by atoms with van der Waals surface area (Å²) in [5.74, 6) is 0.254. The largest absolute Gasteiger partial charge is 0.398 e. The maximum atomic E-state index is 11.8. The Labute approximate surface area is 108 Å². The molecule has 94 valence electrons. The van der Waals surface area contributed by atoms with Gasteiger partial charge >= 0.3 is 0 Å². The maximum Gasteiger partial charge on any atom is 0.251 e. The predicted octanol–water partition coefficient (Wildman–Crippen LogP) is 1.28. The van der Waals surface area contributed by atoms with Crippen LogP contribution in [0.3, 0.4) is 0 Å². The predicted molar refractivity (Wildman–Crippen MR) is 66.2 cm³/mol. The number of nitrogens with zero attached hydrogens (tertiary/aromatic N) is 2. The highest BCUT2D eigenvalue weighted by Gasteiger charge is 2.07. The van der Waals surface area contributed by atoms with Crippen LogP contribution >= 0.6 is 11.6 Å². The molecule has 2 rings (SSSR count). The lowest BCUT2D eigenvalue weighted by molar-refractivity contribution is 0.0953. The average Bonchev–Trinajstić information content (AvgIpc) is 2.85. The molecule has 0 atom stereocenters. The van der Waals surface area contributed by atoms with E-state index < -0.39 is 0 Å². The molecule has 1 heterocycles. The zero-order valence-electron chi connectivity index (χ0n) is 9.39. The molecule has 0 aliphatic rings. The SMILES string of the molecule is Nc1cc(C(=O)NCCc2ncno2)ccc1Cl. The van der Waals surface area contributed by atoms with Crippen molar-refractivity contribution in [3.05, 3.63) is 41.0 Å². The Morgan fingerprint density at radius 3 is 3.00 bits per heavy atom. The van der Waals surface area contributed by atoms with Crippen molar-refractivity contribution < 1.29 is 9.32 Å². The van der Waals surface area contributed by atoms with Gasteiger partial charge in [0.05, 0.1) is 10.7 Å². The van der Waals surface area contributed by atoms with Crippen molar-refractivity contribution >= 4 is 23.2 Å². The number of benzene rings is 1. The van der Waals surface area contributed by atoms with Gasteiger partial charge in [0.2, 0.25) is 5.89 Å². The zero-order chi connectivity index (χ0) is 13.0. The highest BCUT2D eigenvalue weighted by Crippen LogP contribution is 2.19. The summed E-state index contributed by atoms with van der Waals surface area (Å²) in [4.78, 5) is 15.6. The lowest BCUT2D eigenvalue weighted by atomic mass is 10.2. The van der Waals surface area contributed by atoms with Crippen LogP contribution in [-0.2, 0) is 6.42 Å². The van der Waals surface area contributed by atoms with E-state index in [1.807, 2.05) is 0 Å². The fourth-order valence-electron chi connectivity index (χ4n) is 1.38. The third-order valence-electron chi connectivity index (χ3n) is 2.29. The van der Waals surface area contributed by atoms with Crippen LogP contribution in [0.15, 0.2) is 29.0 Å². The third-order valence-corrected chi connectivity index (χ3v) is 2.63. The molecule has 2 aromatic rings. The lowest BCUT2D eigenvalue weighted by Crippen LogP contribution is -2.25.